The summed E-state index contributed by atoms with van der Waals surface area (Å²) >= 11 is 0. The normalized spacial score (nSPS) is 14.4. The van der Waals surface area contributed by atoms with Gasteiger partial charge in [0.25, 0.3) is 0 Å². The van der Waals surface area contributed by atoms with Crippen molar-refractivity contribution in [1.82, 2.24) is 0 Å². The zero-order valence-electron chi connectivity index (χ0n) is 9.95. The zero-order chi connectivity index (χ0) is 11.7. The van der Waals surface area contributed by atoms with Gasteiger partial charge in [-0.2, -0.15) is 0 Å². The summed E-state index contributed by atoms with van der Waals surface area (Å²) in [7, 11) is 0. The SMILES string of the molecule is Nc1cccc(-c2cccc3c2CCCC3)c1. The number of hydrogen-bond acceptors (Lipinski definition) is 1. The molecular formula is C16H17N. The fourth-order valence-electron chi connectivity index (χ4n) is 2.76. The lowest BCUT2D eigenvalue weighted by Gasteiger charge is -2.19. The van der Waals surface area contributed by atoms with Crippen LogP contribution in [0.5, 0.6) is 0 Å². The van der Waals surface area contributed by atoms with Gasteiger partial charge in [0, 0.05) is 5.69 Å². The van der Waals surface area contributed by atoms with Crippen molar-refractivity contribution in [3.8, 4) is 11.1 Å². The van der Waals surface area contributed by atoms with Crippen molar-refractivity contribution in [2.75, 3.05) is 5.73 Å². The molecule has 2 aromatic carbocycles. The van der Waals surface area contributed by atoms with Crippen LogP contribution in [-0.2, 0) is 12.8 Å². The highest BCUT2D eigenvalue weighted by molar-refractivity contribution is 5.71. The van der Waals surface area contributed by atoms with Gasteiger partial charge in [-0.1, -0.05) is 30.3 Å². The Hall–Kier alpha value is -1.76. The van der Waals surface area contributed by atoms with Crippen LogP contribution in [0.15, 0.2) is 42.5 Å². The standard InChI is InChI=1S/C16H17N/c17-14-8-3-7-13(11-14)16-10-4-6-12-5-1-2-9-15(12)16/h3-4,6-8,10-11H,1-2,5,9,17H2. The first-order valence-electron chi connectivity index (χ1n) is 6.31. The number of hydrogen-bond donors (Lipinski definition) is 1. The molecule has 0 atom stereocenters. The molecule has 0 aromatic heterocycles. The van der Waals surface area contributed by atoms with Gasteiger partial charge in [-0.05, 0) is 60.1 Å². The number of anilines is 1. The van der Waals surface area contributed by atoms with E-state index in [0.717, 1.165) is 5.69 Å². The molecule has 1 nitrogen and oxygen atoms in total. The number of fused-ring (bicyclic) bond motifs is 1. The number of nitrogens with two attached hydrogens (primary N) is 1. The highest BCUT2D eigenvalue weighted by Gasteiger charge is 2.13. The molecule has 0 bridgehead atoms. The Kier molecular flexibility index (Phi) is 2.60. The molecule has 0 aliphatic heterocycles. The molecular weight excluding hydrogens is 206 g/mol. The minimum absolute atomic E-state index is 0.843. The van der Waals surface area contributed by atoms with Gasteiger partial charge >= 0.3 is 0 Å². The minimum atomic E-state index is 0.843. The summed E-state index contributed by atoms with van der Waals surface area (Å²) in [6.45, 7) is 0. The van der Waals surface area contributed by atoms with Crippen LogP contribution >= 0.6 is 0 Å². The Bertz CT molecular complexity index is 543. The number of benzene rings is 2. The van der Waals surface area contributed by atoms with Crippen LogP contribution < -0.4 is 5.73 Å². The van der Waals surface area contributed by atoms with Crippen molar-refractivity contribution in [3.63, 3.8) is 0 Å². The molecule has 0 spiro atoms. The maximum atomic E-state index is 5.87. The first kappa shape index (κ1) is 10.4. The van der Waals surface area contributed by atoms with E-state index < -0.39 is 0 Å². The van der Waals surface area contributed by atoms with Gasteiger partial charge in [0.15, 0.2) is 0 Å². The van der Waals surface area contributed by atoms with Crippen molar-refractivity contribution < 1.29 is 0 Å². The van der Waals surface area contributed by atoms with Crippen molar-refractivity contribution in [2.45, 2.75) is 25.7 Å². The fraction of sp³-hybridized carbons (Fsp3) is 0.250. The summed E-state index contributed by atoms with van der Waals surface area (Å²) in [6.07, 6.45) is 5.07. The Morgan fingerprint density at radius 2 is 1.71 bits per heavy atom. The maximum absolute atomic E-state index is 5.87. The Balaban J connectivity index is 2.14. The van der Waals surface area contributed by atoms with Crippen molar-refractivity contribution in [1.29, 1.82) is 0 Å². The van der Waals surface area contributed by atoms with E-state index in [0.29, 0.717) is 0 Å². The Labute approximate surface area is 102 Å². The topological polar surface area (TPSA) is 26.0 Å². The average molecular weight is 223 g/mol. The van der Waals surface area contributed by atoms with Gasteiger partial charge in [-0.3, -0.25) is 0 Å². The van der Waals surface area contributed by atoms with Crippen LogP contribution in [0, 0.1) is 0 Å². The minimum Gasteiger partial charge on any atom is -0.399 e. The quantitative estimate of drug-likeness (QED) is 0.731. The smallest absolute Gasteiger partial charge is 0.0320 e. The van der Waals surface area contributed by atoms with Gasteiger partial charge in [0.2, 0.25) is 0 Å². The van der Waals surface area contributed by atoms with Crippen LogP contribution in [0.3, 0.4) is 0 Å². The second-order valence-corrected chi connectivity index (χ2v) is 4.78. The first-order valence-corrected chi connectivity index (χ1v) is 6.31. The third kappa shape index (κ3) is 1.93. The summed E-state index contributed by atoms with van der Waals surface area (Å²) in [5.74, 6) is 0. The first-order chi connectivity index (χ1) is 8.34. The summed E-state index contributed by atoms with van der Waals surface area (Å²) in [6, 6.07) is 14.9. The molecule has 0 fully saturated rings. The number of nitrogen functional groups attached to an aromatic ring is 1. The van der Waals surface area contributed by atoms with E-state index in [1.54, 1.807) is 0 Å². The van der Waals surface area contributed by atoms with Crippen LogP contribution in [-0.4, -0.2) is 0 Å². The summed E-state index contributed by atoms with van der Waals surface area (Å²) in [5.41, 5.74) is 12.4. The second kappa shape index (κ2) is 4.25. The van der Waals surface area contributed by atoms with Crippen molar-refractivity contribution in [2.24, 2.45) is 0 Å². The van der Waals surface area contributed by atoms with E-state index in [2.05, 4.69) is 30.3 Å². The van der Waals surface area contributed by atoms with Gasteiger partial charge in [0.1, 0.15) is 0 Å². The van der Waals surface area contributed by atoms with E-state index in [-0.39, 0.29) is 0 Å². The lowest BCUT2D eigenvalue weighted by Crippen LogP contribution is -2.04. The van der Waals surface area contributed by atoms with Crippen LogP contribution in [0.2, 0.25) is 0 Å². The Morgan fingerprint density at radius 3 is 2.59 bits per heavy atom. The average Bonchev–Trinajstić information content (AvgIpc) is 2.38. The molecule has 0 saturated carbocycles. The Morgan fingerprint density at radius 1 is 0.882 bits per heavy atom. The lowest BCUT2D eigenvalue weighted by molar-refractivity contribution is 0.687. The molecule has 2 N–H and O–H groups in total. The molecule has 0 unspecified atom stereocenters. The summed E-state index contributed by atoms with van der Waals surface area (Å²) in [5, 5.41) is 0. The molecule has 86 valence electrons. The molecule has 0 amide bonds. The van der Waals surface area contributed by atoms with E-state index >= 15 is 0 Å². The molecule has 1 heteroatoms. The van der Waals surface area contributed by atoms with Gasteiger partial charge in [-0.15, -0.1) is 0 Å². The predicted molar refractivity (Wildman–Crippen MR) is 72.9 cm³/mol. The summed E-state index contributed by atoms with van der Waals surface area (Å²) in [4.78, 5) is 0. The molecule has 2 aromatic rings. The number of aryl methyl sites for hydroxylation is 1. The maximum Gasteiger partial charge on any atom is 0.0320 e. The molecule has 0 heterocycles. The molecule has 3 rings (SSSR count). The van der Waals surface area contributed by atoms with Crippen molar-refractivity contribution >= 4 is 5.69 Å². The van der Waals surface area contributed by atoms with E-state index in [1.165, 1.54) is 47.9 Å². The highest BCUT2D eigenvalue weighted by Crippen LogP contribution is 2.32. The van der Waals surface area contributed by atoms with E-state index in [1.807, 2.05) is 12.1 Å². The molecule has 17 heavy (non-hydrogen) atoms. The predicted octanol–water partition coefficient (Wildman–Crippen LogP) is 3.81. The van der Waals surface area contributed by atoms with E-state index in [4.69, 9.17) is 5.73 Å². The van der Waals surface area contributed by atoms with Crippen LogP contribution in [0.4, 0.5) is 5.69 Å². The van der Waals surface area contributed by atoms with Crippen LogP contribution in [0.1, 0.15) is 24.0 Å². The van der Waals surface area contributed by atoms with Crippen LogP contribution in [0.25, 0.3) is 11.1 Å². The van der Waals surface area contributed by atoms with Gasteiger partial charge in [0.05, 0.1) is 0 Å². The van der Waals surface area contributed by atoms with Gasteiger partial charge < -0.3 is 5.73 Å². The fourth-order valence-corrected chi connectivity index (χ4v) is 2.76. The monoisotopic (exact) mass is 223 g/mol. The lowest BCUT2D eigenvalue weighted by atomic mass is 9.86. The van der Waals surface area contributed by atoms with Gasteiger partial charge in [-0.25, -0.2) is 0 Å². The molecule has 1 aliphatic rings. The number of rotatable bonds is 1. The third-order valence-corrected chi connectivity index (χ3v) is 3.59. The molecule has 1 aliphatic carbocycles. The molecule has 0 saturated heterocycles. The van der Waals surface area contributed by atoms with E-state index in [9.17, 15) is 0 Å². The zero-order valence-corrected chi connectivity index (χ0v) is 9.95. The highest BCUT2D eigenvalue weighted by atomic mass is 14.5. The largest absolute Gasteiger partial charge is 0.399 e. The second-order valence-electron chi connectivity index (χ2n) is 4.78. The summed E-state index contributed by atoms with van der Waals surface area (Å²) < 4.78 is 0. The molecule has 0 radical (unpaired) electrons. The third-order valence-electron chi connectivity index (χ3n) is 3.59. The van der Waals surface area contributed by atoms with Crippen molar-refractivity contribution in [3.05, 3.63) is 53.6 Å².